The van der Waals surface area contributed by atoms with E-state index in [-0.39, 0.29) is 34.9 Å². The van der Waals surface area contributed by atoms with Crippen LogP contribution in [0.1, 0.15) is 32.3 Å². The molecule has 1 heterocycles. The predicted molar refractivity (Wildman–Crippen MR) is 116 cm³/mol. The highest BCUT2D eigenvalue weighted by atomic mass is 32.2. The van der Waals surface area contributed by atoms with Crippen molar-refractivity contribution in [3.05, 3.63) is 48.0 Å². The Morgan fingerprint density at radius 3 is 2.50 bits per heavy atom. The van der Waals surface area contributed by atoms with Crippen molar-refractivity contribution in [2.45, 2.75) is 44.0 Å². The van der Waals surface area contributed by atoms with Crippen LogP contribution in [0.3, 0.4) is 0 Å². The number of amides is 2. The number of carbonyl (C=O) groups excluding carboxylic acids is 2. The van der Waals surface area contributed by atoms with Gasteiger partial charge < -0.3 is 15.0 Å². The van der Waals surface area contributed by atoms with Crippen LogP contribution in [0.2, 0.25) is 0 Å². The molecule has 2 aromatic carbocycles. The third-order valence-corrected chi connectivity index (χ3v) is 6.88. The van der Waals surface area contributed by atoms with Gasteiger partial charge in [0.05, 0.1) is 17.8 Å². The second-order valence-corrected chi connectivity index (χ2v) is 9.42. The quantitative estimate of drug-likeness (QED) is 0.728. The van der Waals surface area contributed by atoms with Crippen LogP contribution in [0.15, 0.2) is 47.4 Å². The maximum Gasteiger partial charge on any atom is 0.226 e. The molecule has 2 aromatic rings. The highest BCUT2D eigenvalue weighted by Crippen LogP contribution is 2.34. The first kappa shape index (κ1) is 21.8. The maximum absolute atomic E-state index is 12.7. The lowest BCUT2D eigenvalue weighted by Crippen LogP contribution is -2.35. The molecule has 160 valence electrons. The fourth-order valence-corrected chi connectivity index (χ4v) is 4.88. The first-order valence-electron chi connectivity index (χ1n) is 9.86. The Labute approximate surface area is 177 Å². The molecule has 7 nitrogen and oxygen atoms in total. The molecule has 3 rings (SSSR count). The van der Waals surface area contributed by atoms with Crippen LogP contribution in [0.5, 0.6) is 5.75 Å². The van der Waals surface area contributed by atoms with Crippen molar-refractivity contribution in [2.75, 3.05) is 23.1 Å². The number of hydrogen-bond acceptors (Lipinski definition) is 5. The standard InChI is InChI=1S/C22H26N2O5S/c1-4-22(26)24-15(2)13-16-14-19(9-10-20(16)24)30(27,28)12-11-21(25)23-17-5-7-18(29-3)8-6-17/h5-10,14-15H,4,11-13H2,1-3H3,(H,23,25)/t15-/m1/s1. The van der Waals surface area contributed by atoms with E-state index in [0.717, 1.165) is 11.3 Å². The second-order valence-electron chi connectivity index (χ2n) is 7.31. The molecular weight excluding hydrogens is 404 g/mol. The van der Waals surface area contributed by atoms with Crippen molar-refractivity contribution in [3.63, 3.8) is 0 Å². The van der Waals surface area contributed by atoms with Crippen molar-refractivity contribution in [3.8, 4) is 5.75 Å². The van der Waals surface area contributed by atoms with Gasteiger partial charge in [-0.3, -0.25) is 9.59 Å². The van der Waals surface area contributed by atoms with E-state index in [9.17, 15) is 18.0 Å². The van der Waals surface area contributed by atoms with Crippen LogP contribution < -0.4 is 15.0 Å². The number of fused-ring (bicyclic) bond motifs is 1. The first-order chi connectivity index (χ1) is 14.2. The molecular formula is C22H26N2O5S. The fraction of sp³-hybridized carbons (Fsp3) is 0.364. The molecule has 0 aliphatic carbocycles. The summed E-state index contributed by atoms with van der Waals surface area (Å²) in [6.45, 7) is 3.76. The number of nitrogens with zero attached hydrogens (tertiary/aromatic N) is 1. The molecule has 1 N–H and O–H groups in total. The molecule has 1 aliphatic rings. The molecule has 0 spiro atoms. The van der Waals surface area contributed by atoms with E-state index < -0.39 is 9.84 Å². The average molecular weight is 431 g/mol. The number of nitrogens with one attached hydrogen (secondary N) is 1. The van der Waals surface area contributed by atoms with E-state index in [4.69, 9.17) is 4.74 Å². The second kappa shape index (κ2) is 8.87. The van der Waals surface area contributed by atoms with Gasteiger partial charge in [0.1, 0.15) is 5.75 Å². The summed E-state index contributed by atoms with van der Waals surface area (Å²) in [6, 6.07) is 11.6. The zero-order chi connectivity index (χ0) is 21.9. The number of anilines is 2. The smallest absolute Gasteiger partial charge is 0.226 e. The molecule has 1 atom stereocenters. The van der Waals surface area contributed by atoms with Crippen LogP contribution in [0.25, 0.3) is 0 Å². The molecule has 0 fully saturated rings. The number of methoxy groups -OCH3 is 1. The first-order valence-corrected chi connectivity index (χ1v) is 11.5. The van der Waals surface area contributed by atoms with Gasteiger partial charge in [0.25, 0.3) is 0 Å². The van der Waals surface area contributed by atoms with E-state index in [2.05, 4.69) is 5.32 Å². The van der Waals surface area contributed by atoms with Crippen molar-refractivity contribution in [1.82, 2.24) is 0 Å². The van der Waals surface area contributed by atoms with E-state index in [1.54, 1.807) is 48.4 Å². The minimum Gasteiger partial charge on any atom is -0.497 e. The lowest BCUT2D eigenvalue weighted by atomic mass is 10.1. The molecule has 0 radical (unpaired) electrons. The average Bonchev–Trinajstić information content (AvgIpc) is 3.07. The van der Waals surface area contributed by atoms with Crippen LogP contribution in [-0.4, -0.2) is 39.1 Å². The minimum atomic E-state index is -3.62. The molecule has 8 heteroatoms. The van der Waals surface area contributed by atoms with Gasteiger partial charge in [-0.2, -0.15) is 0 Å². The summed E-state index contributed by atoms with van der Waals surface area (Å²) in [5.74, 6) is 0.0204. The molecule has 0 saturated carbocycles. The summed E-state index contributed by atoms with van der Waals surface area (Å²) in [7, 11) is -2.07. The summed E-state index contributed by atoms with van der Waals surface area (Å²) < 4.78 is 30.6. The van der Waals surface area contributed by atoms with Crippen molar-refractivity contribution < 1.29 is 22.7 Å². The van der Waals surface area contributed by atoms with Gasteiger partial charge in [-0.05, 0) is 61.4 Å². The third-order valence-electron chi connectivity index (χ3n) is 5.17. The number of sulfone groups is 1. The monoisotopic (exact) mass is 430 g/mol. The summed E-state index contributed by atoms with van der Waals surface area (Å²) in [5.41, 5.74) is 2.18. The Morgan fingerprint density at radius 1 is 1.17 bits per heavy atom. The van der Waals surface area contributed by atoms with Gasteiger partial charge in [0, 0.05) is 30.3 Å². The molecule has 0 saturated heterocycles. The number of ether oxygens (including phenoxy) is 1. The number of benzene rings is 2. The summed E-state index contributed by atoms with van der Waals surface area (Å²) >= 11 is 0. The molecule has 0 bridgehead atoms. The number of carbonyl (C=O) groups is 2. The Bertz CT molecular complexity index is 1050. The number of rotatable bonds is 7. The molecule has 30 heavy (non-hydrogen) atoms. The highest BCUT2D eigenvalue weighted by Gasteiger charge is 2.31. The van der Waals surface area contributed by atoms with Gasteiger partial charge in [0.15, 0.2) is 9.84 Å². The molecule has 0 aromatic heterocycles. The lowest BCUT2D eigenvalue weighted by Gasteiger charge is -2.22. The Hall–Kier alpha value is -2.87. The van der Waals surface area contributed by atoms with Crippen LogP contribution in [-0.2, 0) is 25.8 Å². The highest BCUT2D eigenvalue weighted by molar-refractivity contribution is 7.91. The van der Waals surface area contributed by atoms with Crippen molar-refractivity contribution in [2.24, 2.45) is 0 Å². The van der Waals surface area contributed by atoms with Crippen molar-refractivity contribution in [1.29, 1.82) is 0 Å². The zero-order valence-corrected chi connectivity index (χ0v) is 18.2. The molecule has 2 amide bonds. The topological polar surface area (TPSA) is 92.8 Å². The maximum atomic E-state index is 12.7. The minimum absolute atomic E-state index is 0.000628. The normalized spacial score (nSPS) is 15.6. The number of hydrogen-bond donors (Lipinski definition) is 1. The molecule has 0 unspecified atom stereocenters. The van der Waals surface area contributed by atoms with E-state index in [1.807, 2.05) is 13.8 Å². The van der Waals surface area contributed by atoms with Gasteiger partial charge in [0.2, 0.25) is 11.8 Å². The summed E-state index contributed by atoms with van der Waals surface area (Å²) in [4.78, 5) is 26.3. The largest absolute Gasteiger partial charge is 0.497 e. The van der Waals surface area contributed by atoms with E-state index >= 15 is 0 Å². The Balaban J connectivity index is 1.66. The summed E-state index contributed by atoms with van der Waals surface area (Å²) in [5, 5.41) is 2.69. The fourth-order valence-electron chi connectivity index (χ4n) is 3.59. The SMILES string of the molecule is CCC(=O)N1c2ccc(S(=O)(=O)CCC(=O)Nc3ccc(OC)cc3)cc2C[C@H]1C. The van der Waals surface area contributed by atoms with Gasteiger partial charge >= 0.3 is 0 Å². The predicted octanol–water partition coefficient (Wildman–Crippen LogP) is 3.19. The van der Waals surface area contributed by atoms with Gasteiger partial charge in [-0.1, -0.05) is 6.92 Å². The van der Waals surface area contributed by atoms with E-state index in [0.29, 0.717) is 24.3 Å². The van der Waals surface area contributed by atoms with Crippen LogP contribution in [0.4, 0.5) is 11.4 Å². The van der Waals surface area contributed by atoms with Gasteiger partial charge in [-0.15, -0.1) is 0 Å². The lowest BCUT2D eigenvalue weighted by molar-refractivity contribution is -0.118. The van der Waals surface area contributed by atoms with Crippen LogP contribution in [0, 0.1) is 0 Å². The van der Waals surface area contributed by atoms with Gasteiger partial charge in [-0.25, -0.2) is 8.42 Å². The van der Waals surface area contributed by atoms with Crippen molar-refractivity contribution >= 4 is 33.0 Å². The van der Waals surface area contributed by atoms with Crippen LogP contribution >= 0.6 is 0 Å². The third kappa shape index (κ3) is 4.64. The molecule has 1 aliphatic heterocycles. The Kier molecular flexibility index (Phi) is 6.45. The summed E-state index contributed by atoms with van der Waals surface area (Å²) in [6.07, 6.45) is 0.859. The van der Waals surface area contributed by atoms with E-state index in [1.165, 1.54) is 6.07 Å². The Morgan fingerprint density at radius 2 is 1.87 bits per heavy atom. The zero-order valence-electron chi connectivity index (χ0n) is 17.3.